The minimum Gasteiger partial charge on any atom is -0.465 e. The highest BCUT2D eigenvalue weighted by atomic mass is 19.4. The van der Waals surface area contributed by atoms with Gasteiger partial charge in [0.1, 0.15) is 5.69 Å². The summed E-state index contributed by atoms with van der Waals surface area (Å²) >= 11 is 0. The van der Waals surface area contributed by atoms with Crippen molar-refractivity contribution in [2.24, 2.45) is 13.0 Å². The van der Waals surface area contributed by atoms with Crippen molar-refractivity contribution in [2.45, 2.75) is 38.4 Å². The Bertz CT molecular complexity index is 849. The van der Waals surface area contributed by atoms with Crippen molar-refractivity contribution in [3.8, 4) is 0 Å². The third kappa shape index (κ3) is 5.83. The standard InChI is InChI=1S/C19H25F3N6O2/c1-26-10-7-15(25-26)13-28(18(29)30)9-2-3-14-5-11-27(12-6-14)17-23-8-4-16(24-17)19(20,21)22/h4,7-8,10,14H,2-3,5-6,9,11-13H2,1H3,(H,29,30). The summed E-state index contributed by atoms with van der Waals surface area (Å²) in [6.45, 7) is 1.84. The van der Waals surface area contributed by atoms with Crippen molar-refractivity contribution < 1.29 is 23.1 Å². The fraction of sp³-hybridized carbons (Fsp3) is 0.579. The van der Waals surface area contributed by atoms with Crippen molar-refractivity contribution in [3.05, 3.63) is 35.9 Å². The first-order valence-corrected chi connectivity index (χ1v) is 9.84. The number of alkyl halides is 3. The summed E-state index contributed by atoms with van der Waals surface area (Å²) in [6.07, 6.45) is 0.669. The zero-order chi connectivity index (χ0) is 21.7. The molecule has 30 heavy (non-hydrogen) atoms. The molecule has 0 aliphatic carbocycles. The van der Waals surface area contributed by atoms with Crippen molar-refractivity contribution in [2.75, 3.05) is 24.5 Å². The minimum absolute atomic E-state index is 0.107. The van der Waals surface area contributed by atoms with Gasteiger partial charge in [-0.25, -0.2) is 14.8 Å². The lowest BCUT2D eigenvalue weighted by atomic mass is 9.92. The second kappa shape index (κ2) is 9.31. The second-order valence-electron chi connectivity index (χ2n) is 7.50. The van der Waals surface area contributed by atoms with Crippen LogP contribution in [0.15, 0.2) is 24.5 Å². The molecule has 1 fully saturated rings. The predicted octanol–water partition coefficient (Wildman–Crippen LogP) is 3.41. The Morgan fingerprint density at radius 2 is 2.03 bits per heavy atom. The molecule has 2 aromatic rings. The second-order valence-corrected chi connectivity index (χ2v) is 7.50. The fourth-order valence-corrected chi connectivity index (χ4v) is 3.64. The lowest BCUT2D eigenvalue weighted by Crippen LogP contribution is -2.35. The van der Waals surface area contributed by atoms with Gasteiger partial charge in [0.05, 0.1) is 12.2 Å². The molecule has 1 aliphatic heterocycles. The lowest BCUT2D eigenvalue weighted by molar-refractivity contribution is -0.141. The highest BCUT2D eigenvalue weighted by Gasteiger charge is 2.33. The predicted molar refractivity (Wildman–Crippen MR) is 103 cm³/mol. The number of aryl methyl sites for hydroxylation is 1. The van der Waals surface area contributed by atoms with Crippen LogP contribution in [0.4, 0.5) is 23.9 Å². The molecule has 1 aliphatic rings. The Labute approximate surface area is 172 Å². The van der Waals surface area contributed by atoms with Crippen LogP contribution in [-0.2, 0) is 19.8 Å². The summed E-state index contributed by atoms with van der Waals surface area (Å²) in [6, 6.07) is 2.66. The minimum atomic E-state index is -4.48. The van der Waals surface area contributed by atoms with E-state index in [9.17, 15) is 23.1 Å². The van der Waals surface area contributed by atoms with Crippen molar-refractivity contribution in [1.29, 1.82) is 0 Å². The van der Waals surface area contributed by atoms with Gasteiger partial charge < -0.3 is 14.9 Å². The summed E-state index contributed by atoms with van der Waals surface area (Å²) in [5, 5.41) is 13.6. The molecule has 164 valence electrons. The molecule has 0 aromatic carbocycles. The highest BCUT2D eigenvalue weighted by Crippen LogP contribution is 2.29. The number of carbonyl (C=O) groups is 1. The van der Waals surface area contributed by atoms with Crippen LogP contribution in [0.2, 0.25) is 0 Å². The van der Waals surface area contributed by atoms with Crippen LogP contribution in [-0.4, -0.2) is 55.5 Å². The van der Waals surface area contributed by atoms with E-state index in [1.165, 1.54) is 4.90 Å². The van der Waals surface area contributed by atoms with Crippen LogP contribution in [0.1, 0.15) is 37.1 Å². The van der Waals surface area contributed by atoms with Gasteiger partial charge in [-0.05, 0) is 43.7 Å². The molecule has 1 amide bonds. The van der Waals surface area contributed by atoms with Crippen molar-refractivity contribution in [3.63, 3.8) is 0 Å². The molecule has 8 nitrogen and oxygen atoms in total. The Kier molecular flexibility index (Phi) is 6.78. The number of anilines is 1. The smallest absolute Gasteiger partial charge is 0.433 e. The molecule has 11 heteroatoms. The topological polar surface area (TPSA) is 87.4 Å². The molecule has 0 atom stereocenters. The molecule has 0 saturated carbocycles. The van der Waals surface area contributed by atoms with Gasteiger partial charge in [-0.2, -0.15) is 18.3 Å². The third-order valence-corrected chi connectivity index (χ3v) is 5.26. The van der Waals surface area contributed by atoms with Gasteiger partial charge in [-0.1, -0.05) is 0 Å². The average Bonchev–Trinajstić information content (AvgIpc) is 3.12. The first-order valence-electron chi connectivity index (χ1n) is 9.84. The van der Waals surface area contributed by atoms with Gasteiger partial charge in [-0.3, -0.25) is 4.68 Å². The summed E-state index contributed by atoms with van der Waals surface area (Å²) in [7, 11) is 1.78. The zero-order valence-electron chi connectivity index (χ0n) is 16.7. The van der Waals surface area contributed by atoms with Gasteiger partial charge in [0.15, 0.2) is 0 Å². The van der Waals surface area contributed by atoms with Crippen LogP contribution in [0.5, 0.6) is 0 Å². The summed E-state index contributed by atoms with van der Waals surface area (Å²) in [5.74, 6) is 0.508. The molecular formula is C19H25F3N6O2. The quantitative estimate of drug-likeness (QED) is 0.730. The summed E-state index contributed by atoms with van der Waals surface area (Å²) in [5.41, 5.74) is -0.231. The SMILES string of the molecule is Cn1ccc(CN(CCCC2CCN(c3nccc(C(F)(F)F)n3)CC2)C(=O)O)n1. The van der Waals surface area contributed by atoms with Gasteiger partial charge in [0.2, 0.25) is 5.95 Å². The van der Waals surface area contributed by atoms with Gasteiger partial charge in [0.25, 0.3) is 0 Å². The maximum absolute atomic E-state index is 12.8. The van der Waals surface area contributed by atoms with E-state index < -0.39 is 18.0 Å². The first-order chi connectivity index (χ1) is 14.2. The Morgan fingerprint density at radius 3 is 2.63 bits per heavy atom. The number of piperidine rings is 1. The summed E-state index contributed by atoms with van der Waals surface area (Å²) < 4.78 is 40.1. The molecule has 3 rings (SSSR count). The summed E-state index contributed by atoms with van der Waals surface area (Å²) in [4.78, 5) is 22.2. The fourth-order valence-electron chi connectivity index (χ4n) is 3.64. The normalized spacial score (nSPS) is 15.4. The number of nitrogens with zero attached hydrogens (tertiary/aromatic N) is 6. The highest BCUT2D eigenvalue weighted by molar-refractivity contribution is 5.64. The third-order valence-electron chi connectivity index (χ3n) is 5.26. The van der Waals surface area contributed by atoms with E-state index >= 15 is 0 Å². The zero-order valence-corrected chi connectivity index (χ0v) is 16.7. The van der Waals surface area contributed by atoms with E-state index in [4.69, 9.17) is 0 Å². The number of carboxylic acid groups (broad SMARTS) is 1. The van der Waals surface area contributed by atoms with E-state index in [0.29, 0.717) is 31.2 Å². The number of halogens is 3. The van der Waals surface area contributed by atoms with Gasteiger partial charge >= 0.3 is 12.3 Å². The molecule has 1 N–H and O–H groups in total. The van der Waals surface area contributed by atoms with E-state index in [0.717, 1.165) is 37.9 Å². The Morgan fingerprint density at radius 1 is 1.30 bits per heavy atom. The average molecular weight is 426 g/mol. The molecule has 1 saturated heterocycles. The van der Waals surface area contributed by atoms with E-state index in [1.54, 1.807) is 28.9 Å². The molecule has 2 aromatic heterocycles. The maximum atomic E-state index is 12.8. The first kappa shape index (κ1) is 21.8. The number of rotatable bonds is 7. The molecule has 0 spiro atoms. The van der Waals surface area contributed by atoms with Crippen LogP contribution >= 0.6 is 0 Å². The number of hydrogen-bond donors (Lipinski definition) is 1. The van der Waals surface area contributed by atoms with Crippen molar-refractivity contribution in [1.82, 2.24) is 24.6 Å². The largest absolute Gasteiger partial charge is 0.465 e. The number of hydrogen-bond acceptors (Lipinski definition) is 5. The van der Waals surface area contributed by atoms with Crippen LogP contribution in [0, 0.1) is 5.92 Å². The van der Waals surface area contributed by atoms with E-state index in [1.807, 2.05) is 0 Å². The van der Waals surface area contributed by atoms with E-state index in [-0.39, 0.29) is 12.5 Å². The van der Waals surface area contributed by atoms with Crippen LogP contribution in [0.3, 0.4) is 0 Å². The maximum Gasteiger partial charge on any atom is 0.433 e. The molecule has 0 bridgehead atoms. The Hall–Kier alpha value is -2.85. The van der Waals surface area contributed by atoms with Gasteiger partial charge in [-0.15, -0.1) is 0 Å². The number of amides is 1. The monoisotopic (exact) mass is 426 g/mol. The molecule has 0 radical (unpaired) electrons. The molecule has 3 heterocycles. The lowest BCUT2D eigenvalue weighted by Gasteiger charge is -2.32. The molecular weight excluding hydrogens is 401 g/mol. The van der Waals surface area contributed by atoms with Crippen LogP contribution in [0.25, 0.3) is 0 Å². The Balaban J connectivity index is 1.45. The van der Waals surface area contributed by atoms with Gasteiger partial charge in [0, 0.05) is 39.1 Å². The van der Waals surface area contributed by atoms with E-state index in [2.05, 4.69) is 15.1 Å². The van der Waals surface area contributed by atoms with Crippen LogP contribution < -0.4 is 4.90 Å². The number of aromatic nitrogens is 4. The van der Waals surface area contributed by atoms with Crippen molar-refractivity contribution >= 4 is 12.0 Å². The molecule has 0 unspecified atom stereocenters.